The van der Waals surface area contributed by atoms with Gasteiger partial charge in [0.2, 0.25) is 0 Å². The molecule has 0 radical (unpaired) electrons. The molecule has 1 N–H and O–H groups in total. The third kappa shape index (κ3) is 3.09. The lowest BCUT2D eigenvalue weighted by molar-refractivity contribution is -0.956. The number of nitrogens with zero attached hydrogens (tertiary/aromatic N) is 3. The Morgan fingerprint density at radius 3 is 2.29 bits per heavy atom. The number of quaternary nitrogens is 1. The number of azide groups is 1. The summed E-state index contributed by atoms with van der Waals surface area (Å²) in [6.45, 7) is 7.35. The summed E-state index contributed by atoms with van der Waals surface area (Å²) in [7, 11) is 0. The zero-order chi connectivity index (χ0) is 13.3. The van der Waals surface area contributed by atoms with Crippen molar-refractivity contribution in [3.63, 3.8) is 0 Å². The van der Waals surface area contributed by atoms with Gasteiger partial charge in [0.05, 0.1) is 11.1 Å². The van der Waals surface area contributed by atoms with Crippen molar-refractivity contribution in [2.75, 3.05) is 0 Å². The number of hydrogen-bond acceptors (Lipinski definition) is 3. The highest BCUT2D eigenvalue weighted by Crippen LogP contribution is 2.26. The van der Waals surface area contributed by atoms with Crippen molar-refractivity contribution in [2.24, 2.45) is 5.11 Å². The lowest BCUT2D eigenvalue weighted by Gasteiger charge is -2.53. The largest absolute Gasteiger partial charge is 0.634 e. The van der Waals surface area contributed by atoms with Gasteiger partial charge in [0.15, 0.2) is 0 Å². The second-order valence-corrected chi connectivity index (χ2v) is 5.70. The van der Waals surface area contributed by atoms with Gasteiger partial charge in [-0.2, -0.15) is 0 Å². The summed E-state index contributed by atoms with van der Waals surface area (Å²) >= 11 is 0. The van der Waals surface area contributed by atoms with E-state index in [0.717, 1.165) is 0 Å². The van der Waals surface area contributed by atoms with Crippen molar-refractivity contribution in [1.29, 1.82) is 0 Å². The van der Waals surface area contributed by atoms with Gasteiger partial charge in [0, 0.05) is 22.9 Å². The molecule has 1 saturated heterocycles. The Kier molecular flexibility index (Phi) is 3.66. The molecule has 0 aliphatic carbocycles. The Balaban J connectivity index is 2.78. The van der Waals surface area contributed by atoms with Crippen LogP contribution in [0.2, 0.25) is 0 Å². The molecule has 17 heavy (non-hydrogen) atoms. The van der Waals surface area contributed by atoms with Crippen molar-refractivity contribution in [3.05, 3.63) is 15.7 Å². The summed E-state index contributed by atoms with van der Waals surface area (Å²) < 4.78 is 5.04. The number of rotatable bonds is 1. The molecule has 1 heterocycles. The Hall–Kier alpha value is -1.30. The lowest BCUT2D eigenvalue weighted by atomic mass is 9.80. The fourth-order valence-electron chi connectivity index (χ4n) is 2.60. The zero-order valence-corrected chi connectivity index (χ0v) is 10.6. The van der Waals surface area contributed by atoms with Crippen LogP contribution in [0.15, 0.2) is 5.11 Å². The second kappa shape index (κ2) is 4.52. The molecule has 1 aliphatic rings. The Morgan fingerprint density at radius 1 is 1.41 bits per heavy atom. The minimum Gasteiger partial charge on any atom is -0.634 e. The predicted octanol–water partition coefficient (Wildman–Crippen LogP) is 1.54. The van der Waals surface area contributed by atoms with Crippen molar-refractivity contribution < 1.29 is 14.6 Å². The third-order valence-electron chi connectivity index (χ3n) is 3.10. The average molecular weight is 242 g/mol. The summed E-state index contributed by atoms with van der Waals surface area (Å²) in [6.07, 6.45) is -0.390. The molecule has 0 unspecified atom stereocenters. The molecular weight excluding hydrogens is 224 g/mol. The number of hydrogen-bond donors (Lipinski definition) is 1. The molecule has 0 aromatic carbocycles. The van der Waals surface area contributed by atoms with Gasteiger partial charge in [-0.25, -0.2) is 4.79 Å². The fourth-order valence-corrected chi connectivity index (χ4v) is 2.60. The topological polar surface area (TPSA) is 103 Å². The Bertz CT molecular complexity index is 343. The first-order valence-electron chi connectivity index (χ1n) is 5.50. The molecule has 0 atom stereocenters. The van der Waals surface area contributed by atoms with Gasteiger partial charge in [-0.3, -0.25) is 0 Å². The summed E-state index contributed by atoms with van der Waals surface area (Å²) in [5.74, 6) is 0. The summed E-state index contributed by atoms with van der Waals surface area (Å²) in [6, 6.07) is 0. The van der Waals surface area contributed by atoms with E-state index >= 15 is 0 Å². The van der Waals surface area contributed by atoms with Crippen LogP contribution < -0.4 is 5.06 Å². The van der Waals surface area contributed by atoms with Gasteiger partial charge in [-0.1, -0.05) is 0 Å². The fraction of sp³-hybridized carbons (Fsp3) is 0.900. The Morgan fingerprint density at radius 2 is 1.88 bits per heavy atom. The van der Waals surface area contributed by atoms with E-state index in [4.69, 9.17) is 10.3 Å². The highest BCUT2D eigenvalue weighted by atomic mass is 16.6. The summed E-state index contributed by atoms with van der Waals surface area (Å²) in [5, 5.41) is 15.1. The minimum absolute atomic E-state index is 0.168. The molecule has 0 aromatic heterocycles. The number of hydroxylamine groups is 2. The highest BCUT2D eigenvalue weighted by Gasteiger charge is 2.46. The molecule has 1 aliphatic heterocycles. The number of piperidine rings is 1. The monoisotopic (exact) mass is 242 g/mol. The van der Waals surface area contributed by atoms with E-state index in [2.05, 4.69) is 10.0 Å². The van der Waals surface area contributed by atoms with E-state index in [-0.39, 0.29) is 11.2 Å². The first-order valence-corrected chi connectivity index (χ1v) is 5.50. The molecule has 7 heteroatoms. The first-order chi connectivity index (χ1) is 7.69. The maximum absolute atomic E-state index is 12.1. The first kappa shape index (κ1) is 13.8. The molecule has 96 valence electrons. The van der Waals surface area contributed by atoms with Crippen LogP contribution in [-0.2, 0) is 4.74 Å². The molecule has 0 bridgehead atoms. The number of carbonyl (C=O) groups is 1. The van der Waals surface area contributed by atoms with Crippen LogP contribution in [0.5, 0.6) is 0 Å². The minimum atomic E-state index is -0.932. The van der Waals surface area contributed by atoms with E-state index in [1.54, 1.807) is 0 Å². The standard InChI is InChI=1S/C10H18N4O3/c1-9(2)5-7(17-8(15)12-13-11)6-10(3,4)14(9)16/h7,14H,5-6H2,1-4H3. The Labute approximate surface area is 99.9 Å². The number of ether oxygens (including phenoxy) is 1. The van der Waals surface area contributed by atoms with E-state index in [9.17, 15) is 10.0 Å². The van der Waals surface area contributed by atoms with E-state index < -0.39 is 17.2 Å². The van der Waals surface area contributed by atoms with Crippen molar-refractivity contribution in [3.8, 4) is 0 Å². The van der Waals surface area contributed by atoms with E-state index in [0.29, 0.717) is 12.8 Å². The molecule has 1 fully saturated rings. The van der Waals surface area contributed by atoms with Crippen LogP contribution in [0.1, 0.15) is 40.5 Å². The highest BCUT2D eigenvalue weighted by molar-refractivity contribution is 5.68. The third-order valence-corrected chi connectivity index (χ3v) is 3.10. The van der Waals surface area contributed by atoms with Gasteiger partial charge in [-0.15, -0.1) is 0 Å². The number of amides is 1. The van der Waals surface area contributed by atoms with Crippen LogP contribution in [0.3, 0.4) is 0 Å². The summed E-state index contributed by atoms with van der Waals surface area (Å²) in [4.78, 5) is 13.5. The lowest BCUT2D eigenvalue weighted by Crippen LogP contribution is -3.23. The van der Waals surface area contributed by atoms with Gasteiger partial charge < -0.3 is 15.0 Å². The van der Waals surface area contributed by atoms with Crippen LogP contribution in [0, 0.1) is 5.21 Å². The molecule has 1 amide bonds. The quantitative estimate of drug-likeness (QED) is 0.326. The van der Waals surface area contributed by atoms with E-state index in [1.807, 2.05) is 27.7 Å². The van der Waals surface area contributed by atoms with Gasteiger partial charge in [0.1, 0.15) is 6.10 Å². The van der Waals surface area contributed by atoms with Gasteiger partial charge >= 0.3 is 6.09 Å². The van der Waals surface area contributed by atoms with E-state index in [1.165, 1.54) is 0 Å². The van der Waals surface area contributed by atoms with Crippen LogP contribution in [0.25, 0.3) is 10.4 Å². The van der Waals surface area contributed by atoms with Gasteiger partial charge in [0.25, 0.3) is 0 Å². The number of carbonyl (C=O) groups excluding carboxylic acids is 1. The molecule has 0 spiro atoms. The molecule has 0 saturated carbocycles. The van der Waals surface area contributed by atoms with Crippen LogP contribution >= 0.6 is 0 Å². The maximum Gasteiger partial charge on any atom is 0.397 e. The molecular formula is C10H18N4O3. The van der Waals surface area contributed by atoms with Crippen molar-refractivity contribution in [1.82, 2.24) is 0 Å². The smallest absolute Gasteiger partial charge is 0.397 e. The zero-order valence-electron chi connectivity index (χ0n) is 10.6. The van der Waals surface area contributed by atoms with Crippen LogP contribution in [-0.4, -0.2) is 23.3 Å². The van der Waals surface area contributed by atoms with Gasteiger partial charge in [-0.05, 0) is 33.2 Å². The van der Waals surface area contributed by atoms with Crippen LogP contribution in [0.4, 0.5) is 4.79 Å². The van der Waals surface area contributed by atoms with Crippen molar-refractivity contribution in [2.45, 2.75) is 57.7 Å². The number of nitrogens with one attached hydrogen (secondary N) is 1. The predicted molar refractivity (Wildman–Crippen MR) is 61.1 cm³/mol. The molecule has 0 aromatic rings. The summed E-state index contributed by atoms with van der Waals surface area (Å²) in [5.41, 5.74) is 7.07. The normalized spacial score (nSPS) is 30.2. The average Bonchev–Trinajstić information content (AvgIpc) is 2.13. The molecule has 7 nitrogen and oxygen atoms in total. The maximum atomic E-state index is 12.1. The van der Waals surface area contributed by atoms with Crippen molar-refractivity contribution >= 4 is 6.09 Å². The molecule has 1 rings (SSSR count). The second-order valence-electron chi connectivity index (χ2n) is 5.70. The SMILES string of the molecule is CC1(C)CC(OC(=O)N=[N+]=[N-])CC(C)(C)[NH+]1[O-].